The minimum Gasteiger partial charge on any atom is -0.353 e. The van der Waals surface area contributed by atoms with Crippen LogP contribution in [0.1, 0.15) is 22.8 Å². The van der Waals surface area contributed by atoms with E-state index in [1.165, 1.54) is 0 Å². The molecule has 1 atom stereocenters. The highest BCUT2D eigenvalue weighted by Gasteiger charge is 2.30. The Morgan fingerprint density at radius 2 is 2.22 bits per heavy atom. The molecule has 18 heavy (non-hydrogen) atoms. The molecule has 1 aromatic rings. The minimum atomic E-state index is -0.412. The molecule has 1 N–H and O–H groups in total. The van der Waals surface area contributed by atoms with Gasteiger partial charge in [0.05, 0.1) is 0 Å². The van der Waals surface area contributed by atoms with E-state index in [1.807, 2.05) is 19.1 Å². The molecule has 1 heterocycles. The van der Waals surface area contributed by atoms with Crippen LogP contribution in [0.3, 0.4) is 0 Å². The monoisotopic (exact) mass is 310 g/mol. The second kappa shape index (κ2) is 5.10. The van der Waals surface area contributed by atoms with Crippen molar-refractivity contribution in [3.63, 3.8) is 0 Å². The Labute approximate surface area is 114 Å². The lowest BCUT2D eigenvalue weighted by atomic mass is 10.1. The molecular weight excluding hydrogens is 296 g/mol. The number of nitrogens with one attached hydrogen (secondary N) is 1. The van der Waals surface area contributed by atoms with Gasteiger partial charge >= 0.3 is 0 Å². The first-order valence-corrected chi connectivity index (χ1v) is 6.65. The summed E-state index contributed by atoms with van der Waals surface area (Å²) in [5, 5.41) is 2.75. The number of benzene rings is 1. The van der Waals surface area contributed by atoms with Crippen LogP contribution in [-0.2, 0) is 4.79 Å². The fourth-order valence-corrected chi connectivity index (χ4v) is 2.40. The second-order valence-electron chi connectivity index (χ2n) is 4.42. The standard InChI is InChI=1S/C13H15BrN2O2/c1-8-3-4-10(14)7-11(8)13(18)16-6-5-15-12(17)9(16)2/h3-4,7,9H,5-6H2,1-2H3,(H,15,17). The van der Waals surface area contributed by atoms with Gasteiger partial charge in [-0.25, -0.2) is 0 Å². The van der Waals surface area contributed by atoms with E-state index in [1.54, 1.807) is 17.9 Å². The highest BCUT2D eigenvalue weighted by atomic mass is 79.9. The van der Waals surface area contributed by atoms with Crippen molar-refractivity contribution < 1.29 is 9.59 Å². The lowest BCUT2D eigenvalue weighted by Crippen LogP contribution is -2.55. The molecule has 1 fully saturated rings. The van der Waals surface area contributed by atoms with Crippen molar-refractivity contribution in [2.45, 2.75) is 19.9 Å². The summed E-state index contributed by atoms with van der Waals surface area (Å²) >= 11 is 3.37. The third kappa shape index (κ3) is 2.41. The van der Waals surface area contributed by atoms with Crippen LogP contribution in [-0.4, -0.2) is 35.8 Å². The number of aryl methyl sites for hydroxylation is 1. The van der Waals surface area contributed by atoms with E-state index in [2.05, 4.69) is 21.2 Å². The summed E-state index contributed by atoms with van der Waals surface area (Å²) in [4.78, 5) is 25.7. The fourth-order valence-electron chi connectivity index (χ4n) is 2.04. The highest BCUT2D eigenvalue weighted by molar-refractivity contribution is 9.10. The number of rotatable bonds is 1. The van der Waals surface area contributed by atoms with Gasteiger partial charge in [0.15, 0.2) is 0 Å². The van der Waals surface area contributed by atoms with Crippen LogP contribution in [0.5, 0.6) is 0 Å². The lowest BCUT2D eigenvalue weighted by Gasteiger charge is -2.33. The van der Waals surface area contributed by atoms with Crippen molar-refractivity contribution in [2.75, 3.05) is 13.1 Å². The van der Waals surface area contributed by atoms with Gasteiger partial charge in [0.1, 0.15) is 6.04 Å². The third-order valence-corrected chi connectivity index (χ3v) is 3.68. The smallest absolute Gasteiger partial charge is 0.254 e. The van der Waals surface area contributed by atoms with Crippen molar-refractivity contribution in [3.05, 3.63) is 33.8 Å². The number of amides is 2. The summed E-state index contributed by atoms with van der Waals surface area (Å²) in [6.45, 7) is 4.72. The van der Waals surface area contributed by atoms with E-state index in [0.717, 1.165) is 10.0 Å². The van der Waals surface area contributed by atoms with Crippen LogP contribution in [0.2, 0.25) is 0 Å². The van der Waals surface area contributed by atoms with Crippen LogP contribution in [0, 0.1) is 6.92 Å². The molecule has 1 aliphatic rings. The molecule has 1 saturated heterocycles. The minimum absolute atomic E-state index is 0.0869. The maximum Gasteiger partial charge on any atom is 0.254 e. The zero-order chi connectivity index (χ0) is 13.3. The van der Waals surface area contributed by atoms with Gasteiger partial charge in [-0.05, 0) is 31.5 Å². The first-order chi connectivity index (χ1) is 8.50. The van der Waals surface area contributed by atoms with E-state index in [0.29, 0.717) is 18.7 Å². The number of hydrogen-bond acceptors (Lipinski definition) is 2. The molecule has 96 valence electrons. The molecule has 0 aliphatic carbocycles. The van der Waals surface area contributed by atoms with Crippen LogP contribution < -0.4 is 5.32 Å². The van der Waals surface area contributed by atoms with Gasteiger partial charge in [0, 0.05) is 23.1 Å². The molecule has 4 nitrogen and oxygen atoms in total. The molecule has 2 amide bonds. The Hall–Kier alpha value is -1.36. The van der Waals surface area contributed by atoms with E-state index < -0.39 is 6.04 Å². The number of carbonyl (C=O) groups is 2. The van der Waals surface area contributed by atoms with Crippen LogP contribution >= 0.6 is 15.9 Å². The van der Waals surface area contributed by atoms with E-state index in [-0.39, 0.29) is 11.8 Å². The lowest BCUT2D eigenvalue weighted by molar-refractivity contribution is -0.127. The first kappa shape index (κ1) is 13.1. The molecule has 1 aliphatic heterocycles. The Morgan fingerprint density at radius 1 is 1.50 bits per heavy atom. The predicted molar refractivity (Wildman–Crippen MR) is 72.4 cm³/mol. The summed E-state index contributed by atoms with van der Waals surface area (Å²) in [5.74, 6) is -0.182. The second-order valence-corrected chi connectivity index (χ2v) is 5.34. The molecule has 0 spiro atoms. The largest absolute Gasteiger partial charge is 0.353 e. The number of halogens is 1. The molecule has 0 aromatic heterocycles. The third-order valence-electron chi connectivity index (χ3n) is 3.19. The van der Waals surface area contributed by atoms with Crippen molar-refractivity contribution in [1.29, 1.82) is 0 Å². The SMILES string of the molecule is Cc1ccc(Br)cc1C(=O)N1CCNC(=O)C1C. The van der Waals surface area contributed by atoms with Crippen molar-refractivity contribution >= 4 is 27.7 Å². The molecule has 2 rings (SSSR count). The Balaban J connectivity index is 2.30. The van der Waals surface area contributed by atoms with E-state index in [9.17, 15) is 9.59 Å². The van der Waals surface area contributed by atoms with Gasteiger partial charge in [-0.3, -0.25) is 9.59 Å². The number of piperazine rings is 1. The Morgan fingerprint density at radius 3 is 2.94 bits per heavy atom. The zero-order valence-electron chi connectivity index (χ0n) is 10.4. The molecule has 0 saturated carbocycles. The summed E-state index contributed by atoms with van der Waals surface area (Å²) in [7, 11) is 0. The molecular formula is C13H15BrN2O2. The van der Waals surface area contributed by atoms with Crippen molar-refractivity contribution in [2.24, 2.45) is 0 Å². The first-order valence-electron chi connectivity index (χ1n) is 5.85. The Bertz CT molecular complexity index is 502. The van der Waals surface area contributed by atoms with Gasteiger partial charge in [0.25, 0.3) is 5.91 Å². The molecule has 0 bridgehead atoms. The summed E-state index contributed by atoms with van der Waals surface area (Å²) in [6, 6.07) is 5.19. The molecule has 5 heteroatoms. The maximum absolute atomic E-state index is 12.5. The van der Waals surface area contributed by atoms with Crippen molar-refractivity contribution in [3.8, 4) is 0 Å². The average molecular weight is 311 g/mol. The van der Waals surface area contributed by atoms with Crippen LogP contribution in [0.4, 0.5) is 0 Å². The van der Waals surface area contributed by atoms with Crippen LogP contribution in [0.25, 0.3) is 0 Å². The van der Waals surface area contributed by atoms with Gasteiger partial charge in [0.2, 0.25) is 5.91 Å². The summed E-state index contributed by atoms with van der Waals surface area (Å²) in [6.07, 6.45) is 0. The summed E-state index contributed by atoms with van der Waals surface area (Å²) in [5.41, 5.74) is 1.56. The quantitative estimate of drug-likeness (QED) is 0.858. The van der Waals surface area contributed by atoms with E-state index >= 15 is 0 Å². The number of hydrogen-bond donors (Lipinski definition) is 1. The fraction of sp³-hybridized carbons (Fsp3) is 0.385. The maximum atomic E-state index is 12.5. The number of nitrogens with zero attached hydrogens (tertiary/aromatic N) is 1. The summed E-state index contributed by atoms with van der Waals surface area (Å²) < 4.78 is 0.866. The normalized spacial score (nSPS) is 19.6. The molecule has 0 radical (unpaired) electrons. The number of carbonyl (C=O) groups excluding carboxylic acids is 2. The molecule has 1 aromatic carbocycles. The topological polar surface area (TPSA) is 49.4 Å². The van der Waals surface area contributed by atoms with Gasteiger partial charge in [-0.15, -0.1) is 0 Å². The Kier molecular flexibility index (Phi) is 3.71. The van der Waals surface area contributed by atoms with Gasteiger partial charge in [-0.1, -0.05) is 22.0 Å². The van der Waals surface area contributed by atoms with Gasteiger partial charge in [-0.2, -0.15) is 0 Å². The average Bonchev–Trinajstić information content (AvgIpc) is 2.35. The molecule has 1 unspecified atom stereocenters. The van der Waals surface area contributed by atoms with Gasteiger partial charge < -0.3 is 10.2 Å². The van der Waals surface area contributed by atoms with E-state index in [4.69, 9.17) is 0 Å². The van der Waals surface area contributed by atoms with Crippen LogP contribution in [0.15, 0.2) is 22.7 Å². The predicted octanol–water partition coefficient (Wildman–Crippen LogP) is 1.72. The zero-order valence-corrected chi connectivity index (χ0v) is 12.0. The van der Waals surface area contributed by atoms with Crippen molar-refractivity contribution in [1.82, 2.24) is 10.2 Å². The highest BCUT2D eigenvalue weighted by Crippen LogP contribution is 2.19.